The molecule has 0 atom stereocenters. The number of aliphatic hydroxyl groups excluding tert-OH is 1. The Kier molecular flexibility index (Phi) is 13.1. The average molecular weight is 670 g/mol. The van der Waals surface area contributed by atoms with Gasteiger partial charge in [-0.2, -0.15) is 5.26 Å². The maximum absolute atomic E-state index is 9.14. The van der Waals surface area contributed by atoms with Crippen LogP contribution in [0.5, 0.6) is 17.2 Å². The Hall–Kier alpha value is -3.55. The van der Waals surface area contributed by atoms with Crippen molar-refractivity contribution in [2.45, 2.75) is 32.6 Å². The fourth-order valence-corrected chi connectivity index (χ4v) is 5.43. The molecule has 1 aromatic heterocycles. The number of nitrogens with two attached hydrogens (primary N) is 1. The molecule has 45 heavy (non-hydrogen) atoms. The molecular weight excluding hydrogens is 635 g/mol. The number of halogens is 3. The van der Waals surface area contributed by atoms with Crippen molar-refractivity contribution in [1.82, 2.24) is 9.88 Å². The van der Waals surface area contributed by atoms with Gasteiger partial charge >= 0.3 is 0 Å². The first-order valence-corrected chi connectivity index (χ1v) is 15.6. The summed E-state index contributed by atoms with van der Waals surface area (Å²) in [6, 6.07) is 18.5. The standard InChI is InChI=1S/C34H35Cl3N4O4/c1-41(10-4-12-42)11-5-13-43-30-9-3-8-28(34(30)37)27-7-2-6-25(33(27)36)22-45-32-16-31(26(18-39)15-29(32)35)44-21-24-14-23(17-38)19-40-20-24/h2-3,6-9,14-16,19-20,42H,4-5,10-13,18,21-22,39H2,1H3. The molecule has 0 saturated heterocycles. The third kappa shape index (κ3) is 9.47. The van der Waals surface area contributed by atoms with E-state index in [4.69, 9.17) is 65.1 Å². The SMILES string of the molecule is CN(CCCO)CCCOc1cccc(-c2cccc(COc3cc(OCc4cncc(C#N)c4)c(CN)cc3Cl)c2Cl)c1Cl. The summed E-state index contributed by atoms with van der Waals surface area (Å²) in [6.07, 6.45) is 4.70. The van der Waals surface area contributed by atoms with Crippen LogP contribution in [-0.2, 0) is 19.8 Å². The molecule has 4 rings (SSSR count). The quantitative estimate of drug-likeness (QED) is 0.120. The van der Waals surface area contributed by atoms with Crippen LogP contribution in [0.25, 0.3) is 11.1 Å². The Labute approximate surface area is 278 Å². The monoisotopic (exact) mass is 668 g/mol. The van der Waals surface area contributed by atoms with Crippen molar-refractivity contribution in [2.75, 3.05) is 33.4 Å². The zero-order chi connectivity index (χ0) is 32.2. The predicted molar refractivity (Wildman–Crippen MR) is 178 cm³/mol. The Morgan fingerprint density at radius 2 is 1.58 bits per heavy atom. The number of nitrogens with zero attached hydrogens (tertiary/aromatic N) is 3. The Balaban J connectivity index is 1.45. The highest BCUT2D eigenvalue weighted by Gasteiger charge is 2.16. The molecule has 0 aliphatic heterocycles. The van der Waals surface area contributed by atoms with Crippen molar-refractivity contribution in [1.29, 1.82) is 5.26 Å². The zero-order valence-electron chi connectivity index (χ0n) is 24.9. The average Bonchev–Trinajstić information content (AvgIpc) is 3.05. The number of pyridine rings is 1. The van der Waals surface area contributed by atoms with Crippen LogP contribution >= 0.6 is 34.8 Å². The van der Waals surface area contributed by atoms with E-state index in [1.807, 2.05) is 43.4 Å². The number of hydrogen-bond donors (Lipinski definition) is 2. The second-order valence-corrected chi connectivity index (χ2v) is 11.5. The summed E-state index contributed by atoms with van der Waals surface area (Å²) < 4.78 is 18.1. The second-order valence-electron chi connectivity index (χ2n) is 10.3. The molecular formula is C34H35Cl3N4O4. The topological polar surface area (TPSA) is 114 Å². The molecule has 0 saturated carbocycles. The second kappa shape index (κ2) is 17.2. The smallest absolute Gasteiger partial charge is 0.142 e. The van der Waals surface area contributed by atoms with E-state index in [2.05, 4.69) is 16.0 Å². The van der Waals surface area contributed by atoms with E-state index in [1.165, 1.54) is 6.20 Å². The Bertz CT molecular complexity index is 1630. The van der Waals surface area contributed by atoms with E-state index in [0.717, 1.165) is 48.2 Å². The molecule has 1 heterocycles. The van der Waals surface area contributed by atoms with Crippen LogP contribution in [0.3, 0.4) is 0 Å². The van der Waals surface area contributed by atoms with Crippen LogP contribution in [0.2, 0.25) is 15.1 Å². The first kappa shape index (κ1) is 34.3. The van der Waals surface area contributed by atoms with Crippen LogP contribution in [0.4, 0.5) is 0 Å². The number of nitriles is 1. The molecule has 0 bridgehead atoms. The molecule has 0 spiro atoms. The van der Waals surface area contributed by atoms with Gasteiger partial charge in [0.05, 0.1) is 27.2 Å². The van der Waals surface area contributed by atoms with E-state index < -0.39 is 0 Å². The molecule has 3 N–H and O–H groups in total. The summed E-state index contributed by atoms with van der Waals surface area (Å²) >= 11 is 20.2. The minimum atomic E-state index is 0.138. The molecule has 0 radical (unpaired) electrons. The van der Waals surface area contributed by atoms with Gasteiger partial charge < -0.3 is 30.0 Å². The number of ether oxygens (including phenoxy) is 3. The van der Waals surface area contributed by atoms with Gasteiger partial charge in [0, 0.05) is 72.5 Å². The van der Waals surface area contributed by atoms with Gasteiger partial charge in [0.25, 0.3) is 0 Å². The molecule has 0 aliphatic carbocycles. The van der Waals surface area contributed by atoms with Gasteiger partial charge in [-0.15, -0.1) is 0 Å². The lowest BCUT2D eigenvalue weighted by molar-refractivity contribution is 0.231. The molecule has 0 fully saturated rings. The maximum atomic E-state index is 9.14. The van der Waals surface area contributed by atoms with Crippen molar-refractivity contribution in [3.8, 4) is 34.4 Å². The lowest BCUT2D eigenvalue weighted by atomic mass is 10.0. The van der Waals surface area contributed by atoms with Crippen LogP contribution in [0, 0.1) is 11.3 Å². The lowest BCUT2D eigenvalue weighted by Crippen LogP contribution is -2.23. The summed E-state index contributed by atoms with van der Waals surface area (Å²) in [6.45, 7) is 2.92. The summed E-state index contributed by atoms with van der Waals surface area (Å²) in [7, 11) is 2.02. The molecule has 0 amide bonds. The summed E-state index contributed by atoms with van der Waals surface area (Å²) in [5.41, 5.74) is 10.1. The highest BCUT2D eigenvalue weighted by atomic mass is 35.5. The van der Waals surface area contributed by atoms with E-state index in [9.17, 15) is 0 Å². The third-order valence-electron chi connectivity index (χ3n) is 7.01. The highest BCUT2D eigenvalue weighted by molar-refractivity contribution is 6.37. The number of rotatable bonds is 16. The summed E-state index contributed by atoms with van der Waals surface area (Å²) in [5, 5.41) is 19.5. The fraction of sp³-hybridized carbons (Fsp3) is 0.294. The van der Waals surface area contributed by atoms with E-state index >= 15 is 0 Å². The number of benzene rings is 3. The minimum Gasteiger partial charge on any atom is -0.492 e. The highest BCUT2D eigenvalue weighted by Crippen LogP contribution is 2.40. The van der Waals surface area contributed by atoms with Gasteiger partial charge in [0.2, 0.25) is 0 Å². The molecule has 236 valence electrons. The summed E-state index contributed by atoms with van der Waals surface area (Å²) in [5.74, 6) is 1.50. The van der Waals surface area contributed by atoms with Gasteiger partial charge in [-0.3, -0.25) is 4.98 Å². The lowest BCUT2D eigenvalue weighted by Gasteiger charge is -2.17. The molecule has 0 unspecified atom stereocenters. The first-order valence-electron chi connectivity index (χ1n) is 14.4. The normalized spacial score (nSPS) is 11.0. The molecule has 11 heteroatoms. The Morgan fingerprint density at radius 1 is 0.844 bits per heavy atom. The predicted octanol–water partition coefficient (Wildman–Crippen LogP) is 7.28. The Morgan fingerprint density at radius 3 is 2.33 bits per heavy atom. The van der Waals surface area contributed by atoms with Crippen molar-refractivity contribution in [3.63, 3.8) is 0 Å². The molecule has 0 aliphatic rings. The van der Waals surface area contributed by atoms with Crippen molar-refractivity contribution in [2.24, 2.45) is 5.73 Å². The van der Waals surface area contributed by atoms with Crippen LogP contribution in [0.1, 0.15) is 35.1 Å². The van der Waals surface area contributed by atoms with Crippen LogP contribution < -0.4 is 19.9 Å². The fourth-order valence-electron chi connectivity index (χ4n) is 4.62. The van der Waals surface area contributed by atoms with Crippen molar-refractivity contribution in [3.05, 3.63) is 104 Å². The minimum absolute atomic E-state index is 0.138. The van der Waals surface area contributed by atoms with Gasteiger partial charge in [0.1, 0.15) is 36.5 Å². The molecule has 3 aromatic carbocycles. The van der Waals surface area contributed by atoms with Crippen molar-refractivity contribution < 1.29 is 19.3 Å². The van der Waals surface area contributed by atoms with Crippen LogP contribution in [-0.4, -0.2) is 48.3 Å². The number of aliphatic hydroxyl groups is 1. The van der Waals surface area contributed by atoms with Gasteiger partial charge in [-0.25, -0.2) is 0 Å². The molecule has 8 nitrogen and oxygen atoms in total. The number of aromatic nitrogens is 1. The van der Waals surface area contributed by atoms with E-state index in [1.54, 1.807) is 24.4 Å². The van der Waals surface area contributed by atoms with Gasteiger partial charge in [-0.05, 0) is 38.1 Å². The van der Waals surface area contributed by atoms with Gasteiger partial charge in [0.15, 0.2) is 0 Å². The first-order chi connectivity index (χ1) is 21.8. The van der Waals surface area contributed by atoms with Gasteiger partial charge in [-0.1, -0.05) is 65.1 Å². The van der Waals surface area contributed by atoms with Crippen molar-refractivity contribution >= 4 is 34.8 Å². The largest absolute Gasteiger partial charge is 0.492 e. The third-order valence-corrected chi connectivity index (χ3v) is 8.14. The van der Waals surface area contributed by atoms with E-state index in [-0.39, 0.29) is 26.4 Å². The van der Waals surface area contributed by atoms with E-state index in [0.29, 0.717) is 50.1 Å². The zero-order valence-corrected chi connectivity index (χ0v) is 27.2. The van der Waals surface area contributed by atoms with Crippen LogP contribution in [0.15, 0.2) is 67.0 Å². The summed E-state index contributed by atoms with van der Waals surface area (Å²) in [4.78, 5) is 6.23. The maximum Gasteiger partial charge on any atom is 0.142 e. The molecule has 4 aromatic rings. The number of hydrogen-bond acceptors (Lipinski definition) is 8.